The standard InChI is InChI=1S/C51H47N3O11/c1-30(2)41(47(58)63-4)52-50(61)53-39-26-19-32(16-15-31-17-22-36(62-3)23-18-31)29-38(39)51(49(53)60)40(46(56)57)43-48(59)65-44(34-13-9-6-10-14-34)42(33-11-7-5-8-12-33)54(43)45(51)35-20-24-37(25-21-35)64-28-27-55/h5-14,17-26,29-30,40-45,55H,27-28H2,1-4H3,(H,52,61)(H,56,57). The number of benzene rings is 5. The lowest BCUT2D eigenvalue weighted by Crippen LogP contribution is -2.56. The molecule has 0 aliphatic carbocycles. The number of urea groups is 1. The number of ether oxygens (including phenoxy) is 4. The highest BCUT2D eigenvalue weighted by Crippen LogP contribution is 2.66. The zero-order valence-electron chi connectivity index (χ0n) is 36.0. The van der Waals surface area contributed by atoms with E-state index in [-0.39, 0.29) is 24.5 Å². The summed E-state index contributed by atoms with van der Waals surface area (Å²) in [5.41, 5.74) is 0.681. The Morgan fingerprint density at radius 3 is 2.00 bits per heavy atom. The number of aliphatic carboxylic acids is 1. The summed E-state index contributed by atoms with van der Waals surface area (Å²) in [6.07, 6.45) is -0.981. The number of anilines is 1. The van der Waals surface area contributed by atoms with Gasteiger partial charge in [0.05, 0.1) is 38.6 Å². The van der Waals surface area contributed by atoms with Crippen LogP contribution in [0.5, 0.6) is 11.5 Å². The molecule has 65 heavy (non-hydrogen) atoms. The first-order valence-electron chi connectivity index (χ1n) is 21.1. The summed E-state index contributed by atoms with van der Waals surface area (Å²) in [5, 5.41) is 23.8. The molecule has 8 rings (SSSR count). The molecule has 3 aliphatic rings. The Balaban J connectivity index is 1.42. The van der Waals surface area contributed by atoms with Crippen LogP contribution in [0.2, 0.25) is 0 Å². The van der Waals surface area contributed by atoms with Crippen LogP contribution in [0.1, 0.15) is 65.4 Å². The molecule has 0 aromatic heterocycles. The lowest BCUT2D eigenvalue weighted by atomic mass is 9.65. The molecule has 2 saturated heterocycles. The number of hydrogen-bond donors (Lipinski definition) is 3. The van der Waals surface area contributed by atoms with Crippen molar-refractivity contribution in [2.45, 2.75) is 49.5 Å². The second-order valence-electron chi connectivity index (χ2n) is 16.3. The molecular weight excluding hydrogens is 831 g/mol. The number of carboxylic acids is 1. The molecule has 2 fully saturated rings. The number of hydrogen-bond acceptors (Lipinski definition) is 11. The maximum absolute atomic E-state index is 16.1. The minimum atomic E-state index is -2.23. The van der Waals surface area contributed by atoms with E-state index in [0.29, 0.717) is 39.3 Å². The van der Waals surface area contributed by atoms with Crippen LogP contribution < -0.4 is 19.7 Å². The molecule has 3 N–H and O–H groups in total. The number of carboxylic acid groups (broad SMARTS) is 1. The summed E-state index contributed by atoms with van der Waals surface area (Å²) in [4.78, 5) is 75.8. The third-order valence-electron chi connectivity index (χ3n) is 12.3. The smallest absolute Gasteiger partial charge is 0.329 e. The van der Waals surface area contributed by atoms with Crippen LogP contribution in [0.4, 0.5) is 10.5 Å². The van der Waals surface area contributed by atoms with Gasteiger partial charge in [-0.3, -0.25) is 19.3 Å². The van der Waals surface area contributed by atoms with Crippen LogP contribution in [-0.4, -0.2) is 84.5 Å². The lowest BCUT2D eigenvalue weighted by molar-refractivity contribution is -0.179. The van der Waals surface area contributed by atoms with Crippen molar-refractivity contribution in [3.8, 4) is 23.3 Å². The van der Waals surface area contributed by atoms with E-state index in [9.17, 15) is 29.4 Å². The van der Waals surface area contributed by atoms with E-state index in [1.165, 1.54) is 13.2 Å². The van der Waals surface area contributed by atoms with E-state index in [1.54, 1.807) is 86.5 Å². The molecule has 0 saturated carbocycles. The van der Waals surface area contributed by atoms with Crippen molar-refractivity contribution in [2.75, 3.05) is 32.3 Å². The number of rotatable bonds is 11. The van der Waals surface area contributed by atoms with Gasteiger partial charge < -0.3 is 34.5 Å². The molecule has 7 unspecified atom stereocenters. The zero-order chi connectivity index (χ0) is 46.0. The Bertz CT molecular complexity index is 2660. The maximum Gasteiger partial charge on any atom is 0.329 e. The minimum Gasteiger partial charge on any atom is -0.497 e. The van der Waals surface area contributed by atoms with Gasteiger partial charge in [0.2, 0.25) is 5.91 Å². The van der Waals surface area contributed by atoms with E-state index in [4.69, 9.17) is 18.9 Å². The molecule has 1 spiro atoms. The van der Waals surface area contributed by atoms with E-state index >= 15 is 4.79 Å². The van der Waals surface area contributed by atoms with Gasteiger partial charge in [-0.2, -0.15) is 0 Å². The number of amides is 3. The molecule has 7 atom stereocenters. The first kappa shape index (κ1) is 44.1. The Hall–Kier alpha value is -7.47. The first-order valence-corrected chi connectivity index (χ1v) is 21.1. The summed E-state index contributed by atoms with van der Waals surface area (Å²) < 4.78 is 22.4. The topological polar surface area (TPSA) is 181 Å². The van der Waals surface area contributed by atoms with E-state index in [2.05, 4.69) is 17.2 Å². The fourth-order valence-electron chi connectivity index (χ4n) is 9.52. The lowest BCUT2D eigenvalue weighted by Gasteiger charge is -2.46. The Labute approximate surface area is 375 Å². The van der Waals surface area contributed by atoms with Gasteiger partial charge in [-0.1, -0.05) is 98.5 Å². The number of morpholine rings is 1. The summed E-state index contributed by atoms with van der Waals surface area (Å²) in [7, 11) is 2.74. The number of methoxy groups -OCH3 is 2. The molecule has 14 nitrogen and oxygen atoms in total. The number of aliphatic hydroxyl groups excluding tert-OH is 1. The van der Waals surface area contributed by atoms with Gasteiger partial charge in [-0.15, -0.1) is 0 Å². The largest absolute Gasteiger partial charge is 0.497 e. The van der Waals surface area contributed by atoms with E-state index in [0.717, 1.165) is 4.90 Å². The van der Waals surface area contributed by atoms with Gasteiger partial charge in [-0.25, -0.2) is 14.5 Å². The van der Waals surface area contributed by atoms with Gasteiger partial charge in [0.15, 0.2) is 0 Å². The molecule has 0 radical (unpaired) electrons. The number of nitrogens with zero attached hydrogens (tertiary/aromatic N) is 2. The number of imide groups is 1. The molecule has 0 bridgehead atoms. The maximum atomic E-state index is 16.1. The van der Waals surface area contributed by atoms with E-state index < -0.39 is 77.4 Å². The van der Waals surface area contributed by atoms with Crippen molar-refractivity contribution in [3.05, 3.63) is 161 Å². The average Bonchev–Trinajstić information content (AvgIpc) is 3.78. The Morgan fingerprint density at radius 2 is 1.40 bits per heavy atom. The predicted molar refractivity (Wildman–Crippen MR) is 237 cm³/mol. The molecule has 332 valence electrons. The molecule has 3 aliphatic heterocycles. The van der Waals surface area contributed by atoms with Crippen molar-refractivity contribution in [1.29, 1.82) is 0 Å². The van der Waals surface area contributed by atoms with Gasteiger partial charge in [-0.05, 0) is 82.8 Å². The van der Waals surface area contributed by atoms with Crippen molar-refractivity contribution in [1.82, 2.24) is 10.2 Å². The number of esters is 2. The van der Waals surface area contributed by atoms with Crippen LogP contribution in [0.25, 0.3) is 0 Å². The number of carbonyl (C=O) groups is 5. The second kappa shape index (κ2) is 18.3. The fraction of sp³-hybridized carbons (Fsp3) is 0.275. The molecule has 14 heteroatoms. The van der Waals surface area contributed by atoms with Crippen LogP contribution in [0, 0.1) is 23.7 Å². The van der Waals surface area contributed by atoms with Crippen LogP contribution in [0.3, 0.4) is 0 Å². The van der Waals surface area contributed by atoms with Crippen molar-refractivity contribution in [3.63, 3.8) is 0 Å². The van der Waals surface area contributed by atoms with Crippen molar-refractivity contribution in [2.24, 2.45) is 11.8 Å². The zero-order valence-corrected chi connectivity index (χ0v) is 36.0. The summed E-state index contributed by atoms with van der Waals surface area (Å²) >= 11 is 0. The molecule has 3 amide bonds. The van der Waals surface area contributed by atoms with Crippen molar-refractivity contribution < 1.29 is 53.1 Å². The van der Waals surface area contributed by atoms with Gasteiger partial charge in [0.1, 0.15) is 47.6 Å². The fourth-order valence-corrected chi connectivity index (χ4v) is 9.52. The highest BCUT2D eigenvalue weighted by atomic mass is 16.6. The number of carbonyl (C=O) groups excluding carboxylic acids is 4. The van der Waals surface area contributed by atoms with Gasteiger partial charge in [0.25, 0.3) is 0 Å². The molecule has 3 heterocycles. The summed E-state index contributed by atoms with van der Waals surface area (Å²) in [6, 6.07) is 30.9. The van der Waals surface area contributed by atoms with E-state index in [1.807, 2.05) is 60.7 Å². The normalized spacial score (nSPS) is 22.6. The number of aliphatic hydroxyl groups is 1. The van der Waals surface area contributed by atoms with Gasteiger partial charge >= 0.3 is 23.9 Å². The number of cyclic esters (lactones) is 1. The third kappa shape index (κ3) is 7.83. The monoisotopic (exact) mass is 877 g/mol. The average molecular weight is 878 g/mol. The van der Waals surface area contributed by atoms with Crippen molar-refractivity contribution >= 4 is 35.5 Å². The Morgan fingerprint density at radius 1 is 0.785 bits per heavy atom. The van der Waals surface area contributed by atoms with Crippen LogP contribution in [0.15, 0.2) is 127 Å². The highest BCUT2D eigenvalue weighted by Gasteiger charge is 2.76. The summed E-state index contributed by atoms with van der Waals surface area (Å²) in [6.45, 7) is 3.16. The second-order valence-corrected chi connectivity index (χ2v) is 16.3. The van der Waals surface area contributed by atoms with Gasteiger partial charge in [0, 0.05) is 11.1 Å². The Kier molecular flexibility index (Phi) is 12.4. The first-order chi connectivity index (χ1) is 31.4. The summed E-state index contributed by atoms with van der Waals surface area (Å²) in [5.74, 6) is 0.916. The highest BCUT2D eigenvalue weighted by molar-refractivity contribution is 6.24. The third-order valence-corrected chi connectivity index (χ3v) is 12.3. The molecule has 5 aromatic rings. The quantitative estimate of drug-likeness (QED) is 0.102. The minimum absolute atomic E-state index is 0.00188. The predicted octanol–water partition coefficient (Wildman–Crippen LogP) is 6.12. The molecular formula is C51H47N3O11. The molecule has 5 aromatic carbocycles. The van der Waals surface area contributed by atoms with Crippen LogP contribution in [-0.2, 0) is 34.1 Å². The van der Waals surface area contributed by atoms with Crippen LogP contribution >= 0.6 is 0 Å². The number of fused-ring (bicyclic) bond motifs is 3. The SMILES string of the molecule is COC(=O)C(NC(=O)N1C(=O)C2(c3cc(C#Cc4ccc(OC)cc4)ccc31)C(C(=O)O)C1C(=O)OC(c3ccccc3)C(c3ccccc3)N1C2c1ccc(OCCO)cc1)C(C)C. The number of nitrogens with one attached hydrogen (secondary N) is 1.